The zero-order valence-corrected chi connectivity index (χ0v) is 17.3. The second kappa shape index (κ2) is 10.8. The molecule has 0 aromatic heterocycles. The molecule has 154 valence electrons. The van der Waals surface area contributed by atoms with E-state index in [1.54, 1.807) is 0 Å². The Morgan fingerprint density at radius 2 is 1.62 bits per heavy atom. The number of hydrogen-bond acceptors (Lipinski definition) is 2. The van der Waals surface area contributed by atoms with Crippen LogP contribution in [0.4, 0.5) is 0 Å². The first kappa shape index (κ1) is 21.1. The molecule has 2 aromatic carbocycles. The summed E-state index contributed by atoms with van der Waals surface area (Å²) in [6.07, 6.45) is 4.82. The van der Waals surface area contributed by atoms with Crippen molar-refractivity contribution in [2.75, 3.05) is 13.1 Å². The van der Waals surface area contributed by atoms with Gasteiger partial charge in [-0.05, 0) is 43.2 Å². The van der Waals surface area contributed by atoms with Crippen LogP contribution in [0.15, 0.2) is 60.7 Å². The fourth-order valence-corrected chi connectivity index (χ4v) is 4.10. The van der Waals surface area contributed by atoms with Gasteiger partial charge in [-0.3, -0.25) is 9.59 Å². The summed E-state index contributed by atoms with van der Waals surface area (Å²) in [5.41, 5.74) is 2.37. The lowest BCUT2D eigenvalue weighted by atomic mass is 9.93. The Bertz CT molecular complexity index is 768. The number of carbonyl (C=O) groups is 2. The molecule has 1 unspecified atom stereocenters. The maximum atomic E-state index is 13.0. The van der Waals surface area contributed by atoms with E-state index in [9.17, 15) is 9.59 Å². The van der Waals surface area contributed by atoms with Crippen LogP contribution in [0.1, 0.15) is 56.1 Å². The summed E-state index contributed by atoms with van der Waals surface area (Å²) in [6.45, 7) is 3.51. The van der Waals surface area contributed by atoms with E-state index in [0.717, 1.165) is 50.8 Å². The molecule has 4 nitrogen and oxygen atoms in total. The van der Waals surface area contributed by atoms with Gasteiger partial charge in [-0.1, -0.05) is 67.6 Å². The lowest BCUT2D eigenvalue weighted by molar-refractivity contribution is -0.134. The van der Waals surface area contributed by atoms with Crippen molar-refractivity contribution in [3.05, 3.63) is 71.8 Å². The average Bonchev–Trinajstić information content (AvgIpc) is 2.76. The molecule has 0 bridgehead atoms. The number of hydrogen-bond donors (Lipinski definition) is 1. The minimum absolute atomic E-state index is 0.0691. The Balaban J connectivity index is 1.40. The van der Waals surface area contributed by atoms with Crippen LogP contribution in [-0.2, 0) is 16.0 Å². The van der Waals surface area contributed by atoms with Gasteiger partial charge in [0.1, 0.15) is 0 Å². The smallest absolute Gasteiger partial charge is 0.230 e. The molecule has 1 aliphatic rings. The number of nitrogens with one attached hydrogen (secondary N) is 1. The predicted molar refractivity (Wildman–Crippen MR) is 117 cm³/mol. The van der Waals surface area contributed by atoms with Gasteiger partial charge in [0.2, 0.25) is 11.8 Å². The highest BCUT2D eigenvalue weighted by Gasteiger charge is 2.28. The molecule has 1 heterocycles. The Hall–Kier alpha value is -2.62. The van der Waals surface area contributed by atoms with Crippen molar-refractivity contribution in [3.63, 3.8) is 0 Å². The van der Waals surface area contributed by atoms with Gasteiger partial charge in [0.25, 0.3) is 0 Å². The first-order chi connectivity index (χ1) is 14.2. The van der Waals surface area contributed by atoms with Crippen LogP contribution in [0.3, 0.4) is 0 Å². The molecule has 1 N–H and O–H groups in total. The molecular formula is C25H32N2O2. The molecule has 0 aliphatic carbocycles. The molecule has 3 rings (SSSR count). The minimum Gasteiger partial charge on any atom is -0.353 e. The van der Waals surface area contributed by atoms with E-state index in [1.807, 2.05) is 53.4 Å². The summed E-state index contributed by atoms with van der Waals surface area (Å²) in [6, 6.07) is 20.5. The summed E-state index contributed by atoms with van der Waals surface area (Å²) in [4.78, 5) is 27.2. The summed E-state index contributed by atoms with van der Waals surface area (Å²) >= 11 is 0. The van der Waals surface area contributed by atoms with E-state index in [1.165, 1.54) is 5.56 Å². The van der Waals surface area contributed by atoms with Gasteiger partial charge < -0.3 is 10.2 Å². The number of benzene rings is 2. The minimum atomic E-state index is -0.0691. The zero-order chi connectivity index (χ0) is 20.5. The normalized spacial score (nSPS) is 15.7. The molecular weight excluding hydrogens is 360 g/mol. The van der Waals surface area contributed by atoms with E-state index in [4.69, 9.17) is 0 Å². The van der Waals surface area contributed by atoms with Crippen molar-refractivity contribution in [3.8, 4) is 0 Å². The molecule has 1 fully saturated rings. The van der Waals surface area contributed by atoms with Crippen LogP contribution >= 0.6 is 0 Å². The zero-order valence-electron chi connectivity index (χ0n) is 17.3. The first-order valence-electron chi connectivity index (χ1n) is 10.8. The van der Waals surface area contributed by atoms with Gasteiger partial charge in [-0.25, -0.2) is 0 Å². The van der Waals surface area contributed by atoms with Gasteiger partial charge in [0, 0.05) is 25.6 Å². The van der Waals surface area contributed by atoms with Crippen LogP contribution in [0.2, 0.25) is 0 Å². The maximum absolute atomic E-state index is 13.0. The fourth-order valence-electron chi connectivity index (χ4n) is 4.10. The van der Waals surface area contributed by atoms with Crippen molar-refractivity contribution in [2.45, 2.75) is 57.4 Å². The summed E-state index contributed by atoms with van der Waals surface area (Å²) in [5.74, 6) is 0.271. The van der Waals surface area contributed by atoms with Crippen LogP contribution in [0.25, 0.3) is 0 Å². The summed E-state index contributed by atoms with van der Waals surface area (Å²) < 4.78 is 0. The molecule has 2 amide bonds. The van der Waals surface area contributed by atoms with Gasteiger partial charge in [0.05, 0.1) is 5.92 Å². The van der Waals surface area contributed by atoms with Crippen molar-refractivity contribution >= 4 is 11.8 Å². The van der Waals surface area contributed by atoms with Crippen LogP contribution in [0.5, 0.6) is 0 Å². The third-order valence-corrected chi connectivity index (χ3v) is 5.79. The standard InChI is InChI=1S/C25H32N2O2/c1-2-23(21-13-7-4-8-14-21)25(29)27-18-16-22(17-19-27)26-24(28)15-9-12-20-10-5-3-6-11-20/h3-8,10-11,13-14,22-23H,2,9,12,15-19H2,1H3,(H,26,28). The predicted octanol–water partition coefficient (Wildman–Crippen LogP) is 4.31. The Kier molecular flexibility index (Phi) is 7.85. The molecule has 2 aromatic rings. The van der Waals surface area contributed by atoms with Crippen molar-refractivity contribution in [1.82, 2.24) is 10.2 Å². The number of piperidine rings is 1. The first-order valence-corrected chi connectivity index (χ1v) is 10.8. The van der Waals surface area contributed by atoms with Gasteiger partial charge in [-0.15, -0.1) is 0 Å². The number of amides is 2. The molecule has 0 radical (unpaired) electrons. The second-order valence-electron chi connectivity index (χ2n) is 7.88. The molecule has 29 heavy (non-hydrogen) atoms. The Morgan fingerprint density at radius 3 is 2.24 bits per heavy atom. The monoisotopic (exact) mass is 392 g/mol. The number of carbonyl (C=O) groups excluding carboxylic acids is 2. The van der Waals surface area contributed by atoms with Crippen LogP contribution in [0, 0.1) is 0 Å². The van der Waals surface area contributed by atoms with Crippen molar-refractivity contribution in [1.29, 1.82) is 0 Å². The number of likely N-dealkylation sites (tertiary alicyclic amines) is 1. The highest BCUT2D eigenvalue weighted by Crippen LogP contribution is 2.24. The largest absolute Gasteiger partial charge is 0.353 e. The van der Waals surface area contributed by atoms with E-state index < -0.39 is 0 Å². The molecule has 1 atom stereocenters. The highest BCUT2D eigenvalue weighted by molar-refractivity contribution is 5.84. The van der Waals surface area contributed by atoms with Crippen LogP contribution in [-0.4, -0.2) is 35.8 Å². The fraction of sp³-hybridized carbons (Fsp3) is 0.440. The quantitative estimate of drug-likeness (QED) is 0.728. The maximum Gasteiger partial charge on any atom is 0.230 e. The third kappa shape index (κ3) is 6.18. The highest BCUT2D eigenvalue weighted by atomic mass is 16.2. The number of nitrogens with zero attached hydrogens (tertiary/aromatic N) is 1. The van der Waals surface area contributed by atoms with Crippen LogP contribution < -0.4 is 5.32 Å². The summed E-state index contributed by atoms with van der Waals surface area (Å²) in [5, 5.41) is 3.16. The third-order valence-electron chi connectivity index (χ3n) is 5.79. The molecule has 4 heteroatoms. The van der Waals surface area contributed by atoms with Crippen molar-refractivity contribution < 1.29 is 9.59 Å². The average molecular weight is 393 g/mol. The van der Waals surface area contributed by atoms with Gasteiger partial charge in [0.15, 0.2) is 0 Å². The SMILES string of the molecule is CCC(C(=O)N1CCC(NC(=O)CCCc2ccccc2)CC1)c1ccccc1. The molecule has 0 saturated carbocycles. The Labute approximate surface area is 174 Å². The van der Waals surface area contributed by atoms with Gasteiger partial charge in [-0.2, -0.15) is 0 Å². The Morgan fingerprint density at radius 1 is 1.00 bits per heavy atom. The summed E-state index contributed by atoms with van der Waals surface area (Å²) in [7, 11) is 0. The van der Waals surface area contributed by atoms with E-state index in [2.05, 4.69) is 24.4 Å². The van der Waals surface area contributed by atoms with E-state index in [-0.39, 0.29) is 23.8 Å². The van der Waals surface area contributed by atoms with E-state index in [0.29, 0.717) is 6.42 Å². The lowest BCUT2D eigenvalue weighted by Crippen LogP contribution is -2.47. The van der Waals surface area contributed by atoms with E-state index >= 15 is 0 Å². The topological polar surface area (TPSA) is 49.4 Å². The molecule has 0 spiro atoms. The number of aryl methyl sites for hydroxylation is 1. The molecule has 1 aliphatic heterocycles. The molecule has 1 saturated heterocycles. The lowest BCUT2D eigenvalue weighted by Gasteiger charge is -2.34. The van der Waals surface area contributed by atoms with Crippen molar-refractivity contribution in [2.24, 2.45) is 0 Å². The number of rotatable bonds is 8. The van der Waals surface area contributed by atoms with Gasteiger partial charge >= 0.3 is 0 Å². The second-order valence-corrected chi connectivity index (χ2v) is 7.88.